The minimum absolute atomic E-state index is 0.315. The molecule has 1 aromatic carbocycles. The van der Waals surface area contributed by atoms with Crippen molar-refractivity contribution in [1.29, 1.82) is 0 Å². The van der Waals surface area contributed by atoms with Gasteiger partial charge in [0.15, 0.2) is 5.54 Å². The van der Waals surface area contributed by atoms with Crippen molar-refractivity contribution in [1.82, 2.24) is 5.06 Å². The van der Waals surface area contributed by atoms with Crippen molar-refractivity contribution in [3.63, 3.8) is 0 Å². The molecule has 0 aliphatic carbocycles. The van der Waals surface area contributed by atoms with Crippen LogP contribution in [0.5, 0.6) is 0 Å². The van der Waals surface area contributed by atoms with Gasteiger partial charge >= 0.3 is 5.84 Å². The van der Waals surface area contributed by atoms with Gasteiger partial charge in [-0.1, -0.05) is 26.0 Å². The van der Waals surface area contributed by atoms with Gasteiger partial charge in [0, 0.05) is 0 Å². The Balaban J connectivity index is 2.49. The van der Waals surface area contributed by atoms with Crippen LogP contribution in [0.2, 0.25) is 0 Å². The van der Waals surface area contributed by atoms with E-state index in [2.05, 4.69) is 13.8 Å². The van der Waals surface area contributed by atoms with E-state index in [0.717, 1.165) is 15.4 Å². The zero-order valence-electron chi connectivity index (χ0n) is 13.1. The van der Waals surface area contributed by atoms with Gasteiger partial charge in [0.25, 0.3) is 0 Å². The van der Waals surface area contributed by atoms with E-state index in [9.17, 15) is 10.4 Å². The van der Waals surface area contributed by atoms with Crippen LogP contribution in [0.4, 0.5) is 0 Å². The van der Waals surface area contributed by atoms with Gasteiger partial charge in [-0.05, 0) is 51.3 Å². The summed E-state index contributed by atoms with van der Waals surface area (Å²) >= 11 is 0. The van der Waals surface area contributed by atoms with Gasteiger partial charge in [-0.3, -0.25) is 4.74 Å². The quantitative estimate of drug-likeness (QED) is 0.666. The summed E-state index contributed by atoms with van der Waals surface area (Å²) in [4.78, 5) is 0. The SMILES string of the molecule is CC(C)c1ccc(C2=[N+]([O-])C(C)(C)C(C)(C)N2O)cc1. The number of benzene rings is 1. The van der Waals surface area contributed by atoms with Crippen LogP contribution in [0.15, 0.2) is 24.3 Å². The predicted molar refractivity (Wildman–Crippen MR) is 80.1 cm³/mol. The van der Waals surface area contributed by atoms with Crippen LogP contribution >= 0.6 is 0 Å². The fourth-order valence-electron chi connectivity index (χ4n) is 2.38. The lowest BCUT2D eigenvalue weighted by Crippen LogP contribution is -2.53. The van der Waals surface area contributed by atoms with Gasteiger partial charge in [0.1, 0.15) is 5.54 Å². The highest BCUT2D eigenvalue weighted by Crippen LogP contribution is 2.37. The van der Waals surface area contributed by atoms with E-state index in [-0.39, 0.29) is 0 Å². The topological polar surface area (TPSA) is 49.5 Å². The van der Waals surface area contributed by atoms with Gasteiger partial charge in [0.2, 0.25) is 0 Å². The Hall–Kier alpha value is -1.55. The van der Waals surface area contributed by atoms with Gasteiger partial charge in [-0.25, -0.2) is 5.21 Å². The largest absolute Gasteiger partial charge is 0.714 e. The summed E-state index contributed by atoms with van der Waals surface area (Å²) in [6, 6.07) is 7.81. The number of hydroxylamine groups is 3. The van der Waals surface area contributed by atoms with Crippen LogP contribution < -0.4 is 0 Å². The van der Waals surface area contributed by atoms with Gasteiger partial charge in [-0.15, -0.1) is 5.06 Å². The molecule has 1 aromatic rings. The van der Waals surface area contributed by atoms with Gasteiger partial charge < -0.3 is 5.21 Å². The molecular weight excluding hydrogens is 252 g/mol. The third-order valence-electron chi connectivity index (χ3n) is 4.76. The molecule has 20 heavy (non-hydrogen) atoms. The molecule has 0 atom stereocenters. The average Bonchev–Trinajstić information content (AvgIpc) is 2.49. The first-order chi connectivity index (χ1) is 9.10. The molecule has 110 valence electrons. The van der Waals surface area contributed by atoms with E-state index in [1.54, 1.807) is 0 Å². The summed E-state index contributed by atoms with van der Waals surface area (Å²) in [6.45, 7) is 11.7. The maximum atomic E-state index is 12.6. The molecule has 1 aliphatic rings. The van der Waals surface area contributed by atoms with Crippen molar-refractivity contribution in [3.05, 3.63) is 40.6 Å². The molecule has 2 rings (SSSR count). The highest BCUT2D eigenvalue weighted by Gasteiger charge is 2.58. The van der Waals surface area contributed by atoms with E-state index >= 15 is 0 Å². The Labute approximate surface area is 120 Å². The van der Waals surface area contributed by atoms with Crippen molar-refractivity contribution in [2.75, 3.05) is 0 Å². The minimum Gasteiger partial charge on any atom is -0.714 e. The summed E-state index contributed by atoms with van der Waals surface area (Å²) in [5.41, 5.74) is 0.604. The van der Waals surface area contributed by atoms with E-state index in [1.807, 2.05) is 52.0 Å². The lowest BCUT2D eigenvalue weighted by atomic mass is 9.84. The molecule has 0 saturated heterocycles. The van der Waals surface area contributed by atoms with Crippen molar-refractivity contribution in [3.8, 4) is 0 Å². The first-order valence-corrected chi connectivity index (χ1v) is 7.04. The predicted octanol–water partition coefficient (Wildman–Crippen LogP) is 3.33. The van der Waals surface area contributed by atoms with Crippen LogP contribution in [-0.2, 0) is 0 Å². The zero-order chi connectivity index (χ0) is 15.3. The molecule has 4 nitrogen and oxygen atoms in total. The summed E-state index contributed by atoms with van der Waals surface area (Å²) in [5, 5.41) is 24.1. The molecule has 1 aliphatic heterocycles. The molecule has 0 saturated carbocycles. The smallest absolute Gasteiger partial charge is 0.313 e. The van der Waals surface area contributed by atoms with Crippen LogP contribution in [0.25, 0.3) is 0 Å². The number of amidine groups is 1. The van der Waals surface area contributed by atoms with Crippen LogP contribution in [0, 0.1) is 5.21 Å². The first kappa shape index (κ1) is 14.9. The molecule has 0 amide bonds. The average molecular weight is 276 g/mol. The summed E-state index contributed by atoms with van der Waals surface area (Å²) < 4.78 is 0.914. The van der Waals surface area contributed by atoms with Crippen molar-refractivity contribution >= 4 is 5.84 Å². The van der Waals surface area contributed by atoms with E-state index < -0.39 is 11.1 Å². The summed E-state index contributed by atoms with van der Waals surface area (Å²) in [7, 11) is 0. The van der Waals surface area contributed by atoms with Crippen LogP contribution in [-0.4, -0.2) is 31.9 Å². The lowest BCUT2D eigenvalue weighted by Gasteiger charge is -2.33. The highest BCUT2D eigenvalue weighted by molar-refractivity contribution is 5.96. The Morgan fingerprint density at radius 1 is 1.10 bits per heavy atom. The summed E-state index contributed by atoms with van der Waals surface area (Å²) in [5.74, 6) is 0.759. The van der Waals surface area contributed by atoms with Crippen molar-refractivity contribution in [2.24, 2.45) is 0 Å². The minimum atomic E-state index is -0.701. The second kappa shape index (κ2) is 4.48. The Morgan fingerprint density at radius 3 is 1.95 bits per heavy atom. The second-order valence-electron chi connectivity index (χ2n) is 6.82. The molecule has 0 unspecified atom stereocenters. The molecule has 0 radical (unpaired) electrons. The van der Waals surface area contributed by atoms with Gasteiger partial charge in [0.05, 0.1) is 5.56 Å². The Morgan fingerprint density at radius 2 is 1.60 bits per heavy atom. The number of hydrogen-bond donors (Lipinski definition) is 1. The fraction of sp³-hybridized carbons (Fsp3) is 0.562. The zero-order valence-corrected chi connectivity index (χ0v) is 13.1. The number of hydrogen-bond acceptors (Lipinski definition) is 3. The first-order valence-electron chi connectivity index (χ1n) is 7.04. The van der Waals surface area contributed by atoms with Crippen LogP contribution in [0.3, 0.4) is 0 Å². The van der Waals surface area contributed by atoms with E-state index in [1.165, 1.54) is 5.56 Å². The molecule has 4 heteroatoms. The number of rotatable bonds is 2. The van der Waals surface area contributed by atoms with Gasteiger partial charge in [-0.2, -0.15) is 0 Å². The Kier molecular flexibility index (Phi) is 3.33. The fourth-order valence-corrected chi connectivity index (χ4v) is 2.38. The standard InChI is InChI=1S/C16H24N2O2/c1-11(2)12-7-9-13(10-8-12)14-17(19)15(3,4)16(5,6)18(14)20/h7-11,19H,1-6H3. The van der Waals surface area contributed by atoms with Crippen molar-refractivity contribution < 1.29 is 9.95 Å². The molecule has 0 aromatic heterocycles. The maximum absolute atomic E-state index is 12.6. The van der Waals surface area contributed by atoms with E-state index in [0.29, 0.717) is 11.8 Å². The molecule has 0 bridgehead atoms. The second-order valence-corrected chi connectivity index (χ2v) is 6.82. The number of nitrogens with zero attached hydrogens (tertiary/aromatic N) is 2. The molecule has 1 heterocycles. The molecular formula is C16H24N2O2. The third-order valence-corrected chi connectivity index (χ3v) is 4.76. The third kappa shape index (κ3) is 1.90. The van der Waals surface area contributed by atoms with E-state index in [4.69, 9.17) is 0 Å². The Bertz CT molecular complexity index is 542. The van der Waals surface area contributed by atoms with Crippen molar-refractivity contribution in [2.45, 2.75) is 58.5 Å². The van der Waals surface area contributed by atoms with Crippen LogP contribution in [0.1, 0.15) is 58.6 Å². The highest BCUT2D eigenvalue weighted by atomic mass is 16.5. The normalized spacial score (nSPS) is 20.9. The molecule has 0 fully saturated rings. The lowest BCUT2D eigenvalue weighted by molar-refractivity contribution is -0.539. The summed E-state index contributed by atoms with van der Waals surface area (Å²) in [6.07, 6.45) is 0. The monoisotopic (exact) mass is 276 g/mol. The molecule has 0 spiro atoms. The molecule has 1 N–H and O–H groups in total. The maximum Gasteiger partial charge on any atom is 0.313 e.